The lowest BCUT2D eigenvalue weighted by molar-refractivity contribution is -0.139. The Morgan fingerprint density at radius 1 is 0.714 bits per heavy atom. The number of carbonyl (C=O) groups is 3. The lowest BCUT2D eigenvalue weighted by Crippen LogP contribution is -2.39. The summed E-state index contributed by atoms with van der Waals surface area (Å²) in [4.78, 5) is 39.6. The molecular weight excluding hydrogens is 372 g/mol. The van der Waals surface area contributed by atoms with E-state index in [1.807, 2.05) is 0 Å². The molecule has 28 heavy (non-hydrogen) atoms. The number of β-amino-alcohol motifs (C(OH)–C–C–N with tert-alkyl or cyclic N) is 1. The van der Waals surface area contributed by atoms with E-state index in [1.165, 1.54) is 27.1 Å². The largest absolute Gasteiger partial charge is 0.480 e. The lowest BCUT2D eigenvalue weighted by atomic mass is 10.3. The van der Waals surface area contributed by atoms with Crippen LogP contribution in [0.1, 0.15) is 6.92 Å². The second-order valence-electron chi connectivity index (χ2n) is 6.53. The summed E-state index contributed by atoms with van der Waals surface area (Å²) in [6.45, 7) is 2.31. The van der Waals surface area contributed by atoms with Gasteiger partial charge in [0.1, 0.15) is 19.6 Å². The molecule has 0 unspecified atom stereocenters. The Morgan fingerprint density at radius 3 is 1.29 bits per heavy atom. The van der Waals surface area contributed by atoms with E-state index in [4.69, 9.17) is 15.3 Å². The topological polar surface area (TPSA) is 145 Å². The summed E-state index contributed by atoms with van der Waals surface area (Å²) >= 11 is 0. The van der Waals surface area contributed by atoms with Gasteiger partial charge >= 0.3 is 17.9 Å². The van der Waals surface area contributed by atoms with E-state index in [-0.39, 0.29) is 32.7 Å². The van der Waals surface area contributed by atoms with E-state index in [2.05, 4.69) is 0 Å². The van der Waals surface area contributed by atoms with Gasteiger partial charge in [-0.1, -0.05) is 0 Å². The van der Waals surface area contributed by atoms with Crippen molar-refractivity contribution in [3.63, 3.8) is 0 Å². The number of aliphatic hydroxyl groups is 1. The molecule has 1 aliphatic heterocycles. The summed E-state index contributed by atoms with van der Waals surface area (Å²) in [5.74, 6) is -3.09. The van der Waals surface area contributed by atoms with E-state index >= 15 is 0 Å². The first-order valence-electron chi connectivity index (χ1n) is 8.82. The van der Waals surface area contributed by atoms with Crippen LogP contribution in [-0.2, 0) is 14.4 Å². The van der Waals surface area contributed by atoms with Crippen molar-refractivity contribution in [3.05, 3.63) is 24.8 Å². The summed E-state index contributed by atoms with van der Waals surface area (Å²) in [5, 5.41) is 36.9. The number of hydrogen-bond acceptors (Lipinski definition) is 8. The quantitative estimate of drug-likeness (QED) is 0.389. The Kier molecular flexibility index (Phi) is 9.65. The average Bonchev–Trinajstić information content (AvgIpc) is 2.55. The summed E-state index contributed by atoms with van der Waals surface area (Å²) in [5.41, 5.74) is 0. The molecule has 1 atom stereocenters. The molecule has 0 fully saturated rings. The van der Waals surface area contributed by atoms with Gasteiger partial charge in [0.05, 0.1) is 6.10 Å². The van der Waals surface area contributed by atoms with E-state index < -0.39 is 24.0 Å². The third-order valence-electron chi connectivity index (χ3n) is 3.84. The molecule has 0 radical (unpaired) electrons. The second-order valence-corrected chi connectivity index (χ2v) is 6.53. The van der Waals surface area contributed by atoms with Crippen molar-refractivity contribution in [1.29, 1.82) is 0 Å². The predicted molar refractivity (Wildman–Crippen MR) is 99.2 cm³/mol. The lowest BCUT2D eigenvalue weighted by Gasteiger charge is -2.30. The number of aliphatic hydroxyl groups excluding tert-OH is 1. The molecule has 0 aliphatic carbocycles. The molecule has 0 spiro atoms. The number of hydrogen-bond donors (Lipinski definition) is 4. The zero-order valence-electron chi connectivity index (χ0n) is 15.8. The summed E-state index contributed by atoms with van der Waals surface area (Å²) in [6, 6.07) is 0. The van der Waals surface area contributed by atoms with Crippen LogP contribution in [0.2, 0.25) is 0 Å². The zero-order valence-corrected chi connectivity index (χ0v) is 15.8. The highest BCUT2D eigenvalue weighted by Crippen LogP contribution is 2.03. The van der Waals surface area contributed by atoms with Gasteiger partial charge in [0.15, 0.2) is 0 Å². The van der Waals surface area contributed by atoms with Gasteiger partial charge in [-0.3, -0.25) is 14.4 Å². The van der Waals surface area contributed by atoms with Crippen LogP contribution in [0.5, 0.6) is 0 Å². The Bertz CT molecular complexity index is 594. The number of rotatable bonds is 8. The van der Waals surface area contributed by atoms with E-state index in [1.54, 1.807) is 24.2 Å². The molecule has 0 aromatic rings. The second kappa shape index (κ2) is 11.7. The third kappa shape index (κ3) is 10.3. The Hall–Kier alpha value is -2.95. The maximum Gasteiger partial charge on any atom is 0.323 e. The zero-order chi connectivity index (χ0) is 21.1. The number of carboxylic acids is 3. The maximum atomic E-state index is 11.1. The molecule has 1 aliphatic rings. The smallest absolute Gasteiger partial charge is 0.323 e. The molecule has 0 saturated carbocycles. The molecule has 0 aromatic carbocycles. The highest BCUT2D eigenvalue weighted by atomic mass is 16.4. The van der Waals surface area contributed by atoms with Crippen LogP contribution in [0.25, 0.3) is 0 Å². The van der Waals surface area contributed by atoms with Crippen LogP contribution >= 0.6 is 0 Å². The minimum absolute atomic E-state index is 0.234. The van der Waals surface area contributed by atoms with Crippen molar-refractivity contribution in [2.75, 3.05) is 52.4 Å². The first-order valence-corrected chi connectivity index (χ1v) is 8.82. The van der Waals surface area contributed by atoms with Crippen molar-refractivity contribution in [2.45, 2.75) is 13.0 Å². The third-order valence-corrected chi connectivity index (χ3v) is 3.84. The standard InChI is InChI=1S/C17H28N4O7/c1-14(22)10-18-2-4-19(11-15(23)24)6-8-21(13-17(27)28)9-7-20(5-3-18)12-16(25)26/h2,4,7,9,14,22H,3,5-6,8,10-13H2,1H3,(H,23,24)(H,25,26)(H,27,28)/b4-2+,9-7+/t14-/m1/s1. The molecule has 0 saturated heterocycles. The van der Waals surface area contributed by atoms with Crippen molar-refractivity contribution in [3.8, 4) is 0 Å². The van der Waals surface area contributed by atoms with Crippen molar-refractivity contribution < 1.29 is 34.8 Å². The number of nitrogens with zero attached hydrogens (tertiary/aromatic N) is 4. The van der Waals surface area contributed by atoms with E-state index in [0.717, 1.165) is 0 Å². The number of carboxylic acid groups (broad SMARTS) is 3. The maximum absolute atomic E-state index is 11.1. The highest BCUT2D eigenvalue weighted by molar-refractivity contribution is 5.70. The SMILES string of the molecule is C[C@@H](O)CN1/C=C/N(CC(=O)O)CCN(CC(=O)O)/C=C/N(CC(=O)O)CC1. The van der Waals surface area contributed by atoms with Gasteiger partial charge in [-0.25, -0.2) is 0 Å². The van der Waals surface area contributed by atoms with Gasteiger partial charge in [0.2, 0.25) is 0 Å². The Balaban J connectivity index is 3.05. The summed E-state index contributed by atoms with van der Waals surface area (Å²) in [6.07, 6.45) is 5.63. The number of aliphatic carboxylic acids is 3. The molecule has 1 heterocycles. The first-order chi connectivity index (χ1) is 13.2. The van der Waals surface area contributed by atoms with Crippen molar-refractivity contribution in [1.82, 2.24) is 19.6 Å². The molecule has 158 valence electrons. The van der Waals surface area contributed by atoms with Gasteiger partial charge < -0.3 is 40.0 Å². The molecule has 0 amide bonds. The van der Waals surface area contributed by atoms with Crippen molar-refractivity contribution >= 4 is 17.9 Å². The van der Waals surface area contributed by atoms with Gasteiger partial charge in [0, 0.05) is 57.5 Å². The van der Waals surface area contributed by atoms with Gasteiger partial charge in [-0.15, -0.1) is 0 Å². The van der Waals surface area contributed by atoms with Gasteiger partial charge in [-0.2, -0.15) is 0 Å². The molecule has 0 aromatic heterocycles. The van der Waals surface area contributed by atoms with Crippen LogP contribution in [0, 0.1) is 0 Å². The summed E-state index contributed by atoms with van der Waals surface area (Å²) < 4.78 is 0. The molecule has 1 rings (SSSR count). The molecule has 0 bridgehead atoms. The van der Waals surface area contributed by atoms with E-state index in [0.29, 0.717) is 19.6 Å². The van der Waals surface area contributed by atoms with Gasteiger partial charge in [-0.05, 0) is 6.92 Å². The average molecular weight is 400 g/mol. The molecule has 11 heteroatoms. The molecule has 11 nitrogen and oxygen atoms in total. The molecular formula is C17H28N4O7. The highest BCUT2D eigenvalue weighted by Gasteiger charge is 2.14. The fourth-order valence-corrected chi connectivity index (χ4v) is 2.60. The predicted octanol–water partition coefficient (Wildman–Crippen LogP) is -1.21. The fourth-order valence-electron chi connectivity index (χ4n) is 2.60. The fraction of sp³-hybridized carbons (Fsp3) is 0.588. The monoisotopic (exact) mass is 400 g/mol. The van der Waals surface area contributed by atoms with E-state index in [9.17, 15) is 19.5 Å². The minimum Gasteiger partial charge on any atom is -0.480 e. The van der Waals surface area contributed by atoms with Crippen LogP contribution < -0.4 is 0 Å². The summed E-state index contributed by atoms with van der Waals surface area (Å²) in [7, 11) is 0. The Labute approximate surface area is 163 Å². The van der Waals surface area contributed by atoms with Crippen molar-refractivity contribution in [2.24, 2.45) is 0 Å². The Morgan fingerprint density at radius 2 is 1.00 bits per heavy atom. The van der Waals surface area contributed by atoms with Crippen LogP contribution in [-0.4, -0.2) is 116 Å². The van der Waals surface area contributed by atoms with Crippen LogP contribution in [0.15, 0.2) is 24.8 Å². The van der Waals surface area contributed by atoms with Crippen LogP contribution in [0.4, 0.5) is 0 Å². The van der Waals surface area contributed by atoms with Gasteiger partial charge in [0.25, 0.3) is 0 Å². The normalized spacial score (nSPS) is 19.4. The van der Waals surface area contributed by atoms with Crippen LogP contribution in [0.3, 0.4) is 0 Å². The molecule has 4 N–H and O–H groups in total. The minimum atomic E-state index is -1.05. The first kappa shape index (κ1) is 23.1.